The lowest BCUT2D eigenvalue weighted by atomic mass is 10.1. The number of carbonyl (C=O) groups is 1. The summed E-state index contributed by atoms with van der Waals surface area (Å²) in [6.07, 6.45) is 3.84. The van der Waals surface area contributed by atoms with Gasteiger partial charge in [-0.1, -0.05) is 24.3 Å². The molecule has 0 bridgehead atoms. The molecule has 1 heterocycles. The maximum absolute atomic E-state index is 13.5. The molecule has 5 rings (SSSR count). The van der Waals surface area contributed by atoms with E-state index in [1.165, 1.54) is 47.5 Å². The Morgan fingerprint density at radius 2 is 1.76 bits per heavy atom. The number of carbonyl (C=O) groups excluding carboxylic acids is 1. The zero-order chi connectivity index (χ0) is 20.0. The Labute approximate surface area is 167 Å². The van der Waals surface area contributed by atoms with Crippen LogP contribution in [0, 0.1) is 5.82 Å². The van der Waals surface area contributed by atoms with Gasteiger partial charge in [0.1, 0.15) is 11.5 Å². The molecule has 146 valence electrons. The highest BCUT2D eigenvalue weighted by Gasteiger charge is 2.41. The van der Waals surface area contributed by atoms with E-state index in [1.807, 2.05) is 17.0 Å². The number of halogens is 1. The standard InChI is InChI=1S/C23H20FN3O2/c24-16-6-8-18(9-7-16)27-22(28)14-12-20(25-27)23(29)26(17-10-11-17)21-13-5-15-3-1-2-4-19(15)21/h1-4,6-9,12,14,17,21H,5,10-11,13H2. The van der Waals surface area contributed by atoms with Gasteiger partial charge in [-0.25, -0.2) is 4.39 Å². The van der Waals surface area contributed by atoms with Crippen molar-refractivity contribution < 1.29 is 9.18 Å². The average Bonchev–Trinajstić information content (AvgIpc) is 3.49. The predicted molar refractivity (Wildman–Crippen MR) is 106 cm³/mol. The predicted octanol–water partition coefficient (Wildman–Crippen LogP) is 3.66. The van der Waals surface area contributed by atoms with E-state index in [4.69, 9.17) is 0 Å². The molecule has 3 aromatic rings. The molecule has 1 amide bonds. The smallest absolute Gasteiger partial charge is 0.275 e. The lowest BCUT2D eigenvalue weighted by molar-refractivity contribution is 0.0650. The summed E-state index contributed by atoms with van der Waals surface area (Å²) in [7, 11) is 0. The number of benzene rings is 2. The van der Waals surface area contributed by atoms with E-state index in [0.29, 0.717) is 5.69 Å². The minimum Gasteiger partial charge on any atom is -0.327 e. The molecule has 1 fully saturated rings. The summed E-state index contributed by atoms with van der Waals surface area (Å²) in [5.74, 6) is -0.557. The molecule has 5 nitrogen and oxygen atoms in total. The van der Waals surface area contributed by atoms with Crippen molar-refractivity contribution in [2.75, 3.05) is 0 Å². The molecule has 2 aliphatic rings. The molecule has 2 aromatic carbocycles. The highest BCUT2D eigenvalue weighted by molar-refractivity contribution is 5.93. The quantitative estimate of drug-likeness (QED) is 0.684. The number of rotatable bonds is 4. The summed E-state index contributed by atoms with van der Waals surface area (Å²) < 4.78 is 14.4. The monoisotopic (exact) mass is 389 g/mol. The van der Waals surface area contributed by atoms with Gasteiger partial charge in [0.2, 0.25) is 0 Å². The molecule has 0 aliphatic heterocycles. The second-order valence-electron chi connectivity index (χ2n) is 7.64. The van der Waals surface area contributed by atoms with Gasteiger partial charge in [-0.15, -0.1) is 0 Å². The van der Waals surface area contributed by atoms with Crippen LogP contribution < -0.4 is 5.56 Å². The van der Waals surface area contributed by atoms with Crippen molar-refractivity contribution in [3.05, 3.63) is 93.7 Å². The highest BCUT2D eigenvalue weighted by Crippen LogP contribution is 2.42. The SMILES string of the molecule is O=C(c1ccc(=O)n(-c2ccc(F)cc2)n1)N(C1CC1)C1CCc2ccccc21. The largest absolute Gasteiger partial charge is 0.327 e. The Bertz CT molecular complexity index is 1140. The van der Waals surface area contributed by atoms with Crippen LogP contribution in [0.5, 0.6) is 0 Å². The Hall–Kier alpha value is -3.28. The number of fused-ring (bicyclic) bond motifs is 1. The number of nitrogens with zero attached hydrogens (tertiary/aromatic N) is 3. The fourth-order valence-corrected chi connectivity index (χ4v) is 4.16. The molecular weight excluding hydrogens is 369 g/mol. The second kappa shape index (κ2) is 6.95. The molecule has 1 unspecified atom stereocenters. The van der Waals surface area contributed by atoms with Crippen molar-refractivity contribution in [1.82, 2.24) is 14.7 Å². The van der Waals surface area contributed by atoms with Gasteiger partial charge in [-0.3, -0.25) is 9.59 Å². The van der Waals surface area contributed by atoms with Crippen molar-refractivity contribution in [3.63, 3.8) is 0 Å². The van der Waals surface area contributed by atoms with E-state index in [0.717, 1.165) is 30.4 Å². The third kappa shape index (κ3) is 3.24. The molecule has 0 spiro atoms. The minimum atomic E-state index is -0.395. The topological polar surface area (TPSA) is 55.2 Å². The first-order valence-corrected chi connectivity index (χ1v) is 9.88. The van der Waals surface area contributed by atoms with Crippen LogP contribution in [-0.4, -0.2) is 26.6 Å². The Morgan fingerprint density at radius 3 is 2.52 bits per heavy atom. The first-order chi connectivity index (χ1) is 14.1. The summed E-state index contributed by atoms with van der Waals surface area (Å²) in [5, 5.41) is 4.32. The molecule has 2 aliphatic carbocycles. The lowest BCUT2D eigenvalue weighted by Gasteiger charge is -2.29. The van der Waals surface area contributed by atoms with Gasteiger partial charge >= 0.3 is 0 Å². The maximum Gasteiger partial charge on any atom is 0.275 e. The molecule has 6 heteroatoms. The van der Waals surface area contributed by atoms with Crippen LogP contribution in [0.1, 0.15) is 46.9 Å². The van der Waals surface area contributed by atoms with Crippen LogP contribution >= 0.6 is 0 Å². The van der Waals surface area contributed by atoms with Crippen LogP contribution in [0.15, 0.2) is 65.5 Å². The second-order valence-corrected chi connectivity index (χ2v) is 7.64. The maximum atomic E-state index is 13.5. The van der Waals surface area contributed by atoms with Gasteiger partial charge in [0.15, 0.2) is 0 Å². The summed E-state index contributed by atoms with van der Waals surface area (Å²) in [6, 6.07) is 16.8. The first-order valence-electron chi connectivity index (χ1n) is 9.88. The van der Waals surface area contributed by atoms with Crippen LogP contribution in [0.2, 0.25) is 0 Å². The Morgan fingerprint density at radius 1 is 1.00 bits per heavy atom. The summed E-state index contributed by atoms with van der Waals surface area (Å²) >= 11 is 0. The molecular formula is C23H20FN3O2. The third-order valence-corrected chi connectivity index (χ3v) is 5.70. The van der Waals surface area contributed by atoms with E-state index >= 15 is 0 Å². The Kier molecular flexibility index (Phi) is 4.27. The van der Waals surface area contributed by atoms with Crippen molar-refractivity contribution in [2.45, 2.75) is 37.8 Å². The van der Waals surface area contributed by atoms with E-state index in [9.17, 15) is 14.0 Å². The first kappa shape index (κ1) is 17.8. The summed E-state index contributed by atoms with van der Waals surface area (Å²) in [5.41, 5.74) is 2.79. The van der Waals surface area contributed by atoms with Crippen LogP contribution in [0.4, 0.5) is 4.39 Å². The molecule has 1 saturated carbocycles. The highest BCUT2D eigenvalue weighted by atomic mass is 19.1. The molecule has 0 N–H and O–H groups in total. The van der Waals surface area contributed by atoms with Gasteiger partial charge in [0.05, 0.1) is 11.7 Å². The van der Waals surface area contributed by atoms with Crippen LogP contribution in [0.25, 0.3) is 5.69 Å². The van der Waals surface area contributed by atoms with Crippen LogP contribution in [-0.2, 0) is 6.42 Å². The number of hydrogen-bond acceptors (Lipinski definition) is 3. The molecule has 29 heavy (non-hydrogen) atoms. The van der Waals surface area contributed by atoms with E-state index in [1.54, 1.807) is 0 Å². The van der Waals surface area contributed by atoms with Gasteiger partial charge in [-0.2, -0.15) is 9.78 Å². The van der Waals surface area contributed by atoms with Gasteiger partial charge in [0.25, 0.3) is 11.5 Å². The Balaban J connectivity index is 1.52. The summed E-state index contributed by atoms with van der Waals surface area (Å²) in [4.78, 5) is 27.7. The van der Waals surface area contributed by atoms with Crippen LogP contribution in [0.3, 0.4) is 0 Å². The third-order valence-electron chi connectivity index (χ3n) is 5.70. The number of hydrogen-bond donors (Lipinski definition) is 0. The van der Waals surface area contributed by atoms with Gasteiger partial charge in [-0.05, 0) is 67.1 Å². The van der Waals surface area contributed by atoms with E-state index in [2.05, 4.69) is 17.2 Å². The fraction of sp³-hybridized carbons (Fsp3) is 0.261. The van der Waals surface area contributed by atoms with E-state index < -0.39 is 5.82 Å². The normalized spacial score (nSPS) is 17.8. The summed E-state index contributed by atoms with van der Waals surface area (Å²) in [6.45, 7) is 0. The van der Waals surface area contributed by atoms with E-state index in [-0.39, 0.29) is 29.2 Å². The van der Waals surface area contributed by atoms with Crippen molar-refractivity contribution in [2.24, 2.45) is 0 Å². The molecule has 1 atom stereocenters. The minimum absolute atomic E-state index is 0.0409. The van der Waals surface area contributed by atoms with Crippen molar-refractivity contribution in [3.8, 4) is 5.69 Å². The van der Waals surface area contributed by atoms with Gasteiger partial charge in [0, 0.05) is 12.1 Å². The zero-order valence-corrected chi connectivity index (χ0v) is 15.8. The lowest BCUT2D eigenvalue weighted by Crippen LogP contribution is -2.37. The number of aromatic nitrogens is 2. The average molecular weight is 389 g/mol. The van der Waals surface area contributed by atoms with Crippen molar-refractivity contribution in [1.29, 1.82) is 0 Å². The zero-order valence-electron chi connectivity index (χ0n) is 15.8. The number of aryl methyl sites for hydroxylation is 1. The molecule has 0 saturated heterocycles. The van der Waals surface area contributed by atoms with Crippen molar-refractivity contribution >= 4 is 5.91 Å². The fourth-order valence-electron chi connectivity index (χ4n) is 4.16. The van der Waals surface area contributed by atoms with Gasteiger partial charge < -0.3 is 4.90 Å². The molecule has 0 radical (unpaired) electrons. The molecule has 1 aromatic heterocycles. The number of amides is 1.